The fourth-order valence-electron chi connectivity index (χ4n) is 1.89. The Morgan fingerprint density at radius 3 is 2.38 bits per heavy atom. The van der Waals surface area contributed by atoms with Crippen LogP contribution >= 0.6 is 0 Å². The molecule has 0 amide bonds. The monoisotopic (exact) mass is 283 g/mol. The molecule has 112 valence electrons. The second-order valence-electron chi connectivity index (χ2n) is 5.36. The highest BCUT2D eigenvalue weighted by molar-refractivity contribution is 5.89. The normalized spacial score (nSPS) is 11.3. The minimum Gasteiger partial charge on any atom is -0.382 e. The van der Waals surface area contributed by atoms with E-state index in [-0.39, 0.29) is 0 Å². The molecule has 0 radical (unpaired) electrons. The summed E-state index contributed by atoms with van der Waals surface area (Å²) >= 11 is 0. The highest BCUT2D eigenvalue weighted by Gasteiger charge is 1.95. The smallest absolute Gasteiger partial charge is 0.153 e. The van der Waals surface area contributed by atoms with Crippen molar-refractivity contribution in [2.45, 2.75) is 41.0 Å². The molecular formula is C18H25N3. The lowest BCUT2D eigenvalue weighted by Crippen LogP contribution is -1.92. The number of nitrogens with zero attached hydrogens (tertiary/aromatic N) is 2. The molecule has 1 heterocycles. The van der Waals surface area contributed by atoms with Crippen LogP contribution in [-0.4, -0.2) is 10.2 Å². The van der Waals surface area contributed by atoms with Crippen molar-refractivity contribution in [3.05, 3.63) is 53.3 Å². The maximum absolute atomic E-state index is 5.58. The molecule has 0 unspecified atom stereocenters. The van der Waals surface area contributed by atoms with Gasteiger partial charge in [-0.05, 0) is 34.1 Å². The van der Waals surface area contributed by atoms with E-state index in [0.717, 1.165) is 17.2 Å². The van der Waals surface area contributed by atoms with E-state index in [1.165, 1.54) is 16.7 Å². The second-order valence-corrected chi connectivity index (χ2v) is 5.36. The van der Waals surface area contributed by atoms with E-state index in [4.69, 9.17) is 5.73 Å². The summed E-state index contributed by atoms with van der Waals surface area (Å²) < 4.78 is 0. The number of benzene rings is 1. The van der Waals surface area contributed by atoms with Crippen LogP contribution in [0.25, 0.3) is 10.8 Å². The topological polar surface area (TPSA) is 51.8 Å². The van der Waals surface area contributed by atoms with E-state index in [2.05, 4.69) is 50.9 Å². The minimum absolute atomic E-state index is 0.489. The fourth-order valence-corrected chi connectivity index (χ4v) is 1.89. The first kappa shape index (κ1) is 16.9. The average molecular weight is 283 g/mol. The van der Waals surface area contributed by atoms with Crippen molar-refractivity contribution in [3.63, 3.8) is 0 Å². The van der Waals surface area contributed by atoms with Crippen LogP contribution < -0.4 is 5.73 Å². The van der Waals surface area contributed by atoms with Gasteiger partial charge in [-0.25, -0.2) is 0 Å². The number of rotatable bonds is 2. The Hall–Kier alpha value is -2.16. The van der Waals surface area contributed by atoms with Crippen LogP contribution in [0.3, 0.4) is 0 Å². The van der Waals surface area contributed by atoms with Gasteiger partial charge < -0.3 is 5.73 Å². The molecule has 0 fully saturated rings. The quantitative estimate of drug-likeness (QED) is 0.797. The first-order valence-electron chi connectivity index (χ1n) is 7.22. The summed E-state index contributed by atoms with van der Waals surface area (Å²) in [4.78, 5) is 0. The van der Waals surface area contributed by atoms with Gasteiger partial charge >= 0.3 is 0 Å². The number of nitrogens with two attached hydrogens (primary N) is 1. The van der Waals surface area contributed by atoms with E-state index in [1.54, 1.807) is 6.20 Å². The molecule has 0 aliphatic carbocycles. The zero-order valence-electron chi connectivity index (χ0n) is 13.6. The van der Waals surface area contributed by atoms with Gasteiger partial charge in [-0.1, -0.05) is 54.0 Å². The van der Waals surface area contributed by atoms with Gasteiger partial charge in [0, 0.05) is 10.8 Å². The predicted molar refractivity (Wildman–Crippen MR) is 92.0 cm³/mol. The van der Waals surface area contributed by atoms with Crippen LogP contribution in [-0.2, 0) is 0 Å². The van der Waals surface area contributed by atoms with E-state index in [0.29, 0.717) is 5.82 Å². The SMILES string of the molecule is CC/C(C)=C(/C)C=C(C)C.Nc1nncc2ccccc12. The molecule has 0 aliphatic heterocycles. The molecule has 0 bridgehead atoms. The lowest BCUT2D eigenvalue weighted by atomic mass is 10.1. The van der Waals surface area contributed by atoms with Gasteiger partial charge in [0.25, 0.3) is 0 Å². The molecule has 0 saturated heterocycles. The molecule has 0 aliphatic rings. The Kier molecular flexibility index (Phi) is 6.60. The minimum atomic E-state index is 0.489. The Bertz CT molecular complexity index is 645. The van der Waals surface area contributed by atoms with E-state index in [9.17, 15) is 0 Å². The van der Waals surface area contributed by atoms with Crippen molar-refractivity contribution in [3.8, 4) is 0 Å². The van der Waals surface area contributed by atoms with Crippen LogP contribution in [0.15, 0.2) is 53.3 Å². The predicted octanol–water partition coefficient (Wildman–Crippen LogP) is 4.91. The first-order chi connectivity index (χ1) is 9.95. The summed E-state index contributed by atoms with van der Waals surface area (Å²) in [5.41, 5.74) is 9.87. The highest BCUT2D eigenvalue weighted by atomic mass is 15.1. The molecule has 2 N–H and O–H groups in total. The van der Waals surface area contributed by atoms with E-state index < -0.39 is 0 Å². The van der Waals surface area contributed by atoms with Crippen LogP contribution in [0.5, 0.6) is 0 Å². The molecule has 0 spiro atoms. The van der Waals surface area contributed by atoms with Crippen molar-refractivity contribution < 1.29 is 0 Å². The number of anilines is 1. The summed E-state index contributed by atoms with van der Waals surface area (Å²) in [5, 5.41) is 9.46. The van der Waals surface area contributed by atoms with E-state index >= 15 is 0 Å². The second kappa shape index (κ2) is 8.20. The molecule has 1 aromatic heterocycles. The largest absolute Gasteiger partial charge is 0.382 e. The zero-order valence-corrected chi connectivity index (χ0v) is 13.6. The third-order valence-corrected chi connectivity index (χ3v) is 3.31. The first-order valence-corrected chi connectivity index (χ1v) is 7.22. The summed E-state index contributed by atoms with van der Waals surface area (Å²) in [7, 11) is 0. The number of nitrogen functional groups attached to an aromatic ring is 1. The Balaban J connectivity index is 0.000000212. The van der Waals surface area contributed by atoms with E-state index in [1.807, 2.05) is 24.3 Å². The molecule has 0 atom stereocenters. The van der Waals surface area contributed by atoms with Crippen LogP contribution in [0.2, 0.25) is 0 Å². The van der Waals surface area contributed by atoms with Crippen LogP contribution in [0, 0.1) is 0 Å². The number of hydrogen-bond acceptors (Lipinski definition) is 3. The van der Waals surface area contributed by atoms with Gasteiger partial charge in [0.15, 0.2) is 5.82 Å². The summed E-state index contributed by atoms with van der Waals surface area (Å²) in [6, 6.07) is 7.77. The van der Waals surface area contributed by atoms with Crippen molar-refractivity contribution >= 4 is 16.6 Å². The molecule has 0 saturated carbocycles. The number of fused-ring (bicyclic) bond motifs is 1. The molecule has 3 nitrogen and oxygen atoms in total. The van der Waals surface area contributed by atoms with Gasteiger partial charge in [0.05, 0.1) is 6.20 Å². The average Bonchev–Trinajstić information content (AvgIpc) is 2.47. The lowest BCUT2D eigenvalue weighted by Gasteiger charge is -1.99. The number of allylic oxidation sites excluding steroid dienone is 4. The molecule has 21 heavy (non-hydrogen) atoms. The van der Waals surface area contributed by atoms with Crippen molar-refractivity contribution in [2.24, 2.45) is 0 Å². The van der Waals surface area contributed by atoms with Crippen LogP contribution in [0.4, 0.5) is 5.82 Å². The Labute approximate surface area is 127 Å². The van der Waals surface area contributed by atoms with Gasteiger partial charge in [-0.3, -0.25) is 0 Å². The number of aromatic nitrogens is 2. The van der Waals surface area contributed by atoms with Gasteiger partial charge in [0.2, 0.25) is 0 Å². The van der Waals surface area contributed by atoms with Crippen LogP contribution in [0.1, 0.15) is 41.0 Å². The Morgan fingerprint density at radius 2 is 1.81 bits per heavy atom. The fraction of sp³-hybridized carbons (Fsp3) is 0.333. The zero-order chi connectivity index (χ0) is 15.8. The molecule has 1 aromatic carbocycles. The summed E-state index contributed by atoms with van der Waals surface area (Å²) in [6.07, 6.45) is 5.10. The third-order valence-electron chi connectivity index (χ3n) is 3.31. The standard InChI is InChI=1S/C10H18.C8H7N3/c1-6-9(4)10(5)7-8(2)3;9-8-7-4-2-1-3-6(7)5-10-11-8/h7H,6H2,1-5H3;1-5H,(H2,9,11)/b10-9-;. The number of hydrogen-bond donors (Lipinski definition) is 1. The van der Waals surface area contributed by atoms with Gasteiger partial charge in [-0.15, -0.1) is 5.10 Å². The summed E-state index contributed by atoms with van der Waals surface area (Å²) in [5.74, 6) is 0.489. The van der Waals surface area contributed by atoms with Gasteiger partial charge in [0.1, 0.15) is 0 Å². The Morgan fingerprint density at radius 1 is 1.14 bits per heavy atom. The third kappa shape index (κ3) is 5.38. The summed E-state index contributed by atoms with van der Waals surface area (Å²) in [6.45, 7) is 10.8. The van der Waals surface area contributed by atoms with Gasteiger partial charge in [-0.2, -0.15) is 5.10 Å². The molecular weight excluding hydrogens is 258 g/mol. The molecule has 3 heteroatoms. The maximum atomic E-state index is 5.58. The molecule has 2 rings (SSSR count). The van der Waals surface area contributed by atoms with Crippen molar-refractivity contribution in [1.29, 1.82) is 0 Å². The van der Waals surface area contributed by atoms with Crippen molar-refractivity contribution in [2.75, 3.05) is 5.73 Å². The lowest BCUT2D eigenvalue weighted by molar-refractivity contribution is 1.06. The highest BCUT2D eigenvalue weighted by Crippen LogP contribution is 2.15. The maximum Gasteiger partial charge on any atom is 0.153 e. The molecule has 2 aromatic rings. The van der Waals surface area contributed by atoms with Crippen molar-refractivity contribution in [1.82, 2.24) is 10.2 Å².